The molecular formula is C15H20N4O. The van der Waals surface area contributed by atoms with E-state index in [9.17, 15) is 0 Å². The van der Waals surface area contributed by atoms with Crippen LogP contribution < -0.4 is 10.5 Å². The number of ether oxygens (including phenoxy) is 1. The topological polar surface area (TPSA) is 73.9 Å². The second-order valence-corrected chi connectivity index (χ2v) is 4.60. The average molecular weight is 272 g/mol. The number of aryl methyl sites for hydroxylation is 1. The second kappa shape index (κ2) is 6.84. The molecule has 0 amide bonds. The lowest BCUT2D eigenvalue weighted by Crippen LogP contribution is -2.05. The van der Waals surface area contributed by atoms with E-state index in [0.29, 0.717) is 12.4 Å². The highest BCUT2D eigenvalue weighted by Crippen LogP contribution is 2.20. The Balaban J connectivity index is 2.31. The van der Waals surface area contributed by atoms with Gasteiger partial charge in [0.2, 0.25) is 5.95 Å². The first-order valence-corrected chi connectivity index (χ1v) is 6.96. The molecule has 106 valence electrons. The number of nitrogens with two attached hydrogens (primary N) is 1. The maximum absolute atomic E-state index is 5.72. The first-order valence-electron chi connectivity index (χ1n) is 6.96. The van der Waals surface area contributed by atoms with Gasteiger partial charge in [0.05, 0.1) is 6.61 Å². The van der Waals surface area contributed by atoms with Gasteiger partial charge in [-0.05, 0) is 24.5 Å². The molecule has 0 spiro atoms. The number of hydrogen-bond donors (Lipinski definition) is 1. The third kappa shape index (κ3) is 3.66. The zero-order chi connectivity index (χ0) is 14.4. The predicted octanol–water partition coefficient (Wildman–Crippen LogP) is 2.86. The fourth-order valence-electron chi connectivity index (χ4n) is 1.91. The summed E-state index contributed by atoms with van der Waals surface area (Å²) in [4.78, 5) is 12.5. The molecule has 5 nitrogen and oxygen atoms in total. The van der Waals surface area contributed by atoms with Gasteiger partial charge in [-0.2, -0.15) is 15.0 Å². The summed E-state index contributed by atoms with van der Waals surface area (Å²) >= 11 is 0. The van der Waals surface area contributed by atoms with E-state index in [1.165, 1.54) is 5.56 Å². The Morgan fingerprint density at radius 3 is 2.70 bits per heavy atom. The lowest BCUT2D eigenvalue weighted by Gasteiger charge is -2.07. The largest absolute Gasteiger partial charge is 0.463 e. The summed E-state index contributed by atoms with van der Waals surface area (Å²) in [7, 11) is 0. The molecule has 0 aliphatic carbocycles. The van der Waals surface area contributed by atoms with E-state index in [1.54, 1.807) is 0 Å². The zero-order valence-corrected chi connectivity index (χ0v) is 12.0. The Kier molecular flexibility index (Phi) is 4.87. The molecule has 0 saturated carbocycles. The summed E-state index contributed by atoms with van der Waals surface area (Å²) in [5, 5.41) is 0. The molecule has 0 aliphatic rings. The van der Waals surface area contributed by atoms with E-state index in [0.717, 1.165) is 24.8 Å². The SMILES string of the molecule is CCCOc1nc(N)nc(-c2cccc(CCC)c2)n1. The van der Waals surface area contributed by atoms with Crippen molar-refractivity contribution in [1.82, 2.24) is 15.0 Å². The van der Waals surface area contributed by atoms with Gasteiger partial charge in [-0.3, -0.25) is 0 Å². The van der Waals surface area contributed by atoms with Crippen molar-refractivity contribution in [2.24, 2.45) is 0 Å². The summed E-state index contributed by atoms with van der Waals surface area (Å²) in [6.45, 7) is 4.75. The first kappa shape index (κ1) is 14.2. The van der Waals surface area contributed by atoms with Gasteiger partial charge in [0.25, 0.3) is 0 Å². The van der Waals surface area contributed by atoms with E-state index in [-0.39, 0.29) is 12.0 Å². The van der Waals surface area contributed by atoms with Gasteiger partial charge in [0, 0.05) is 5.56 Å². The maximum Gasteiger partial charge on any atom is 0.321 e. The summed E-state index contributed by atoms with van der Waals surface area (Å²) < 4.78 is 5.43. The number of nitrogen functional groups attached to an aromatic ring is 1. The number of anilines is 1. The Bertz CT molecular complexity index is 572. The van der Waals surface area contributed by atoms with Crippen LogP contribution >= 0.6 is 0 Å². The third-order valence-electron chi connectivity index (χ3n) is 2.79. The highest BCUT2D eigenvalue weighted by Gasteiger charge is 2.08. The highest BCUT2D eigenvalue weighted by molar-refractivity contribution is 5.57. The summed E-state index contributed by atoms with van der Waals surface area (Å²) in [6.07, 6.45) is 3.04. The molecule has 0 saturated heterocycles. The molecular weight excluding hydrogens is 252 g/mol. The molecule has 0 aliphatic heterocycles. The molecule has 1 aromatic carbocycles. The van der Waals surface area contributed by atoms with E-state index in [2.05, 4.69) is 34.0 Å². The molecule has 2 aromatic rings. The van der Waals surface area contributed by atoms with Crippen LogP contribution in [-0.4, -0.2) is 21.6 Å². The fraction of sp³-hybridized carbons (Fsp3) is 0.400. The molecule has 2 N–H and O–H groups in total. The second-order valence-electron chi connectivity index (χ2n) is 4.60. The van der Waals surface area contributed by atoms with Crippen LogP contribution in [0.2, 0.25) is 0 Å². The molecule has 2 rings (SSSR count). The predicted molar refractivity (Wildman–Crippen MR) is 79.5 cm³/mol. The Hall–Kier alpha value is -2.17. The lowest BCUT2D eigenvalue weighted by molar-refractivity contribution is 0.292. The standard InChI is InChI=1S/C15H20N4O/c1-3-6-11-7-5-8-12(10-11)13-17-14(16)19-15(18-13)20-9-4-2/h5,7-8,10H,3-4,6,9H2,1-2H3,(H2,16,17,18,19). The van der Waals surface area contributed by atoms with E-state index >= 15 is 0 Å². The Morgan fingerprint density at radius 2 is 1.95 bits per heavy atom. The van der Waals surface area contributed by atoms with Crippen LogP contribution in [0.25, 0.3) is 11.4 Å². The molecule has 0 atom stereocenters. The summed E-state index contributed by atoms with van der Waals surface area (Å²) in [5.74, 6) is 0.739. The van der Waals surface area contributed by atoms with Crippen LogP contribution in [0.3, 0.4) is 0 Å². The van der Waals surface area contributed by atoms with E-state index < -0.39 is 0 Å². The van der Waals surface area contributed by atoms with Crippen molar-refractivity contribution in [1.29, 1.82) is 0 Å². The number of benzene rings is 1. The molecule has 0 fully saturated rings. The maximum atomic E-state index is 5.72. The van der Waals surface area contributed by atoms with E-state index in [1.807, 2.05) is 19.1 Å². The van der Waals surface area contributed by atoms with Gasteiger partial charge in [-0.15, -0.1) is 0 Å². The molecule has 0 bridgehead atoms. The fourth-order valence-corrected chi connectivity index (χ4v) is 1.91. The van der Waals surface area contributed by atoms with Crippen LogP contribution in [0.4, 0.5) is 5.95 Å². The Morgan fingerprint density at radius 1 is 1.10 bits per heavy atom. The van der Waals surface area contributed by atoms with Crippen LogP contribution in [0.15, 0.2) is 24.3 Å². The minimum absolute atomic E-state index is 0.182. The van der Waals surface area contributed by atoms with Gasteiger partial charge in [-0.1, -0.05) is 38.5 Å². The smallest absolute Gasteiger partial charge is 0.321 e. The van der Waals surface area contributed by atoms with Crippen molar-refractivity contribution in [3.05, 3.63) is 29.8 Å². The molecule has 0 radical (unpaired) electrons. The average Bonchev–Trinajstić information content (AvgIpc) is 2.45. The summed E-state index contributed by atoms with van der Waals surface area (Å²) in [6, 6.07) is 8.45. The molecule has 20 heavy (non-hydrogen) atoms. The number of hydrogen-bond acceptors (Lipinski definition) is 5. The zero-order valence-electron chi connectivity index (χ0n) is 12.0. The van der Waals surface area contributed by atoms with Crippen molar-refractivity contribution < 1.29 is 4.74 Å². The molecule has 5 heteroatoms. The van der Waals surface area contributed by atoms with Crippen LogP contribution in [0.1, 0.15) is 32.3 Å². The number of nitrogens with zero attached hydrogens (tertiary/aromatic N) is 3. The van der Waals surface area contributed by atoms with Crippen LogP contribution in [0, 0.1) is 0 Å². The van der Waals surface area contributed by atoms with Gasteiger partial charge < -0.3 is 10.5 Å². The minimum Gasteiger partial charge on any atom is -0.463 e. The molecule has 1 heterocycles. The van der Waals surface area contributed by atoms with Crippen LogP contribution in [0.5, 0.6) is 6.01 Å². The van der Waals surface area contributed by atoms with Gasteiger partial charge in [0.1, 0.15) is 0 Å². The van der Waals surface area contributed by atoms with Crippen molar-refractivity contribution in [2.45, 2.75) is 33.1 Å². The van der Waals surface area contributed by atoms with Crippen LogP contribution in [-0.2, 0) is 6.42 Å². The normalized spacial score (nSPS) is 10.5. The van der Waals surface area contributed by atoms with Crippen molar-refractivity contribution in [3.63, 3.8) is 0 Å². The number of aromatic nitrogens is 3. The Labute approximate surface area is 119 Å². The van der Waals surface area contributed by atoms with Gasteiger partial charge in [-0.25, -0.2) is 0 Å². The van der Waals surface area contributed by atoms with Gasteiger partial charge in [0.15, 0.2) is 5.82 Å². The van der Waals surface area contributed by atoms with Crippen molar-refractivity contribution in [2.75, 3.05) is 12.3 Å². The monoisotopic (exact) mass is 272 g/mol. The molecule has 0 unspecified atom stereocenters. The quantitative estimate of drug-likeness (QED) is 0.875. The minimum atomic E-state index is 0.182. The third-order valence-corrected chi connectivity index (χ3v) is 2.79. The highest BCUT2D eigenvalue weighted by atomic mass is 16.5. The lowest BCUT2D eigenvalue weighted by atomic mass is 10.1. The van der Waals surface area contributed by atoms with Gasteiger partial charge >= 0.3 is 6.01 Å². The number of rotatable bonds is 6. The van der Waals surface area contributed by atoms with Crippen molar-refractivity contribution >= 4 is 5.95 Å². The van der Waals surface area contributed by atoms with Crippen molar-refractivity contribution in [3.8, 4) is 17.4 Å². The van der Waals surface area contributed by atoms with E-state index in [4.69, 9.17) is 10.5 Å². The molecule has 1 aromatic heterocycles. The summed E-state index contributed by atoms with van der Waals surface area (Å²) in [5.41, 5.74) is 7.92. The first-order chi connectivity index (χ1) is 9.72.